The van der Waals surface area contributed by atoms with E-state index in [-0.39, 0.29) is 22.1 Å². The van der Waals surface area contributed by atoms with Gasteiger partial charge < -0.3 is 14.3 Å². The number of carboxylic acids is 1. The van der Waals surface area contributed by atoms with Gasteiger partial charge in [-0.15, -0.1) is 0 Å². The molecule has 5 nitrogen and oxygen atoms in total. The average Bonchev–Trinajstić information content (AvgIpc) is 2.63. The summed E-state index contributed by atoms with van der Waals surface area (Å²) in [7, 11) is 0. The number of ether oxygens (including phenoxy) is 1. The zero-order valence-electron chi connectivity index (χ0n) is 14.5. The number of rotatable bonds is 5. The summed E-state index contributed by atoms with van der Waals surface area (Å²) in [4.78, 5) is 23.9. The molecule has 0 fully saturated rings. The number of aryl methyl sites for hydroxylation is 1. The molecular formula is C21H18O5. The summed E-state index contributed by atoms with van der Waals surface area (Å²) in [5.41, 5.74) is 2.06. The Morgan fingerprint density at radius 3 is 2.54 bits per heavy atom. The summed E-state index contributed by atoms with van der Waals surface area (Å²) in [5, 5.41) is 9.30. The Kier molecular flexibility index (Phi) is 4.89. The van der Waals surface area contributed by atoms with Crippen LogP contribution in [0.2, 0.25) is 0 Å². The van der Waals surface area contributed by atoms with Gasteiger partial charge >= 0.3 is 5.97 Å². The summed E-state index contributed by atoms with van der Waals surface area (Å²) in [5.74, 6) is -0.730. The fraction of sp³-hybridized carbons (Fsp3) is 0.143. The number of hydrogen-bond donors (Lipinski definition) is 1. The second-order valence-corrected chi connectivity index (χ2v) is 5.82. The summed E-state index contributed by atoms with van der Waals surface area (Å²) in [6, 6.07) is 12.1. The number of carbonyl (C=O) groups is 1. The predicted octanol–water partition coefficient (Wildman–Crippen LogP) is 4.37. The largest absolute Gasteiger partial charge is 0.487 e. The maximum atomic E-state index is 12.8. The maximum absolute atomic E-state index is 12.8. The summed E-state index contributed by atoms with van der Waals surface area (Å²) < 4.78 is 11.3. The van der Waals surface area contributed by atoms with E-state index in [2.05, 4.69) is 0 Å². The van der Waals surface area contributed by atoms with E-state index in [4.69, 9.17) is 14.3 Å². The number of fused-ring (bicyclic) bond motifs is 1. The second kappa shape index (κ2) is 7.27. The van der Waals surface area contributed by atoms with Crippen LogP contribution >= 0.6 is 0 Å². The van der Waals surface area contributed by atoms with Gasteiger partial charge in [0.2, 0.25) is 11.2 Å². The summed E-state index contributed by atoms with van der Waals surface area (Å²) >= 11 is 0. The molecule has 3 rings (SSSR count). The van der Waals surface area contributed by atoms with Gasteiger partial charge in [0.25, 0.3) is 0 Å². The smallest absolute Gasteiger partial charge is 0.335 e. The quantitative estimate of drug-likeness (QED) is 0.739. The lowest BCUT2D eigenvalue weighted by Gasteiger charge is -2.08. The van der Waals surface area contributed by atoms with E-state index in [9.17, 15) is 9.59 Å². The van der Waals surface area contributed by atoms with Crippen molar-refractivity contribution in [3.8, 4) is 5.75 Å². The highest BCUT2D eigenvalue weighted by Gasteiger charge is 2.15. The first kappa shape index (κ1) is 17.5. The third kappa shape index (κ3) is 3.52. The summed E-state index contributed by atoms with van der Waals surface area (Å²) in [6.45, 7) is 4.07. The highest BCUT2D eigenvalue weighted by molar-refractivity contribution is 5.93. The molecule has 0 spiro atoms. The van der Waals surface area contributed by atoms with Crippen molar-refractivity contribution in [1.29, 1.82) is 0 Å². The van der Waals surface area contributed by atoms with E-state index in [1.54, 1.807) is 13.0 Å². The first-order chi connectivity index (χ1) is 12.5. The monoisotopic (exact) mass is 350 g/mol. The lowest BCUT2D eigenvalue weighted by molar-refractivity contribution is 0.0697. The number of hydrogen-bond acceptors (Lipinski definition) is 4. The Morgan fingerprint density at radius 2 is 1.88 bits per heavy atom. The molecule has 26 heavy (non-hydrogen) atoms. The van der Waals surface area contributed by atoms with E-state index in [1.807, 2.05) is 37.3 Å². The molecule has 0 atom stereocenters. The third-order valence-electron chi connectivity index (χ3n) is 3.91. The Morgan fingerprint density at radius 1 is 1.15 bits per heavy atom. The topological polar surface area (TPSA) is 76.7 Å². The van der Waals surface area contributed by atoms with Gasteiger partial charge in [-0.1, -0.05) is 35.9 Å². The molecule has 0 aliphatic heterocycles. The fourth-order valence-electron chi connectivity index (χ4n) is 2.57. The number of benzene rings is 2. The molecule has 0 radical (unpaired) electrons. The molecule has 0 unspecified atom stereocenters. The second-order valence-electron chi connectivity index (χ2n) is 5.82. The number of carboxylic acid groups (broad SMARTS) is 1. The van der Waals surface area contributed by atoms with Crippen LogP contribution in [0.1, 0.15) is 34.2 Å². The van der Waals surface area contributed by atoms with Gasteiger partial charge in [0.15, 0.2) is 5.76 Å². The van der Waals surface area contributed by atoms with E-state index >= 15 is 0 Å². The molecule has 5 heteroatoms. The molecule has 0 saturated heterocycles. The molecule has 1 heterocycles. The van der Waals surface area contributed by atoms with Crippen LogP contribution < -0.4 is 10.2 Å². The van der Waals surface area contributed by atoms with E-state index in [0.29, 0.717) is 18.0 Å². The molecule has 1 N–H and O–H groups in total. The first-order valence-electron chi connectivity index (χ1n) is 8.21. The van der Waals surface area contributed by atoms with Gasteiger partial charge in [0, 0.05) is 0 Å². The van der Waals surface area contributed by atoms with Gasteiger partial charge in [-0.3, -0.25) is 4.79 Å². The maximum Gasteiger partial charge on any atom is 0.335 e. The Balaban J connectivity index is 2.13. The molecule has 2 aromatic carbocycles. The minimum absolute atomic E-state index is 0.0233. The lowest BCUT2D eigenvalue weighted by Crippen LogP contribution is -2.10. The molecule has 0 bridgehead atoms. The van der Waals surface area contributed by atoms with Crippen molar-refractivity contribution in [2.75, 3.05) is 6.61 Å². The van der Waals surface area contributed by atoms with Crippen LogP contribution in [-0.2, 0) is 0 Å². The number of aromatic carboxylic acids is 1. The molecule has 1 aromatic heterocycles. The van der Waals surface area contributed by atoms with Crippen LogP contribution in [0.15, 0.2) is 51.7 Å². The lowest BCUT2D eigenvalue weighted by atomic mass is 10.1. The van der Waals surface area contributed by atoms with Crippen molar-refractivity contribution in [3.05, 3.63) is 75.1 Å². The van der Waals surface area contributed by atoms with Crippen molar-refractivity contribution >= 4 is 29.1 Å². The van der Waals surface area contributed by atoms with Gasteiger partial charge in [-0.05, 0) is 43.7 Å². The minimum atomic E-state index is -1.10. The predicted molar refractivity (Wildman–Crippen MR) is 101 cm³/mol. The molecule has 3 aromatic rings. The molecule has 0 aliphatic rings. The van der Waals surface area contributed by atoms with Crippen molar-refractivity contribution in [1.82, 2.24) is 0 Å². The van der Waals surface area contributed by atoms with Crippen molar-refractivity contribution in [2.24, 2.45) is 0 Å². The fourth-order valence-corrected chi connectivity index (χ4v) is 2.57. The zero-order chi connectivity index (χ0) is 18.7. The highest BCUT2D eigenvalue weighted by atomic mass is 16.5. The molecule has 0 saturated carbocycles. The Hall–Kier alpha value is -3.34. The van der Waals surface area contributed by atoms with Crippen LogP contribution in [0.5, 0.6) is 5.75 Å². The third-order valence-corrected chi connectivity index (χ3v) is 3.91. The van der Waals surface area contributed by atoms with E-state index < -0.39 is 5.97 Å². The van der Waals surface area contributed by atoms with Gasteiger partial charge in [-0.2, -0.15) is 0 Å². The Labute approximate surface area is 150 Å². The van der Waals surface area contributed by atoms with Crippen LogP contribution in [0.25, 0.3) is 23.1 Å². The normalized spacial score (nSPS) is 11.2. The zero-order valence-corrected chi connectivity index (χ0v) is 14.5. The standard InChI is InChI=1S/C21H18O5/c1-3-25-20-18(10-8-14-6-4-13(2)5-7-14)26-17-11-9-15(21(23)24)12-16(17)19(20)22/h4-12H,3H2,1-2H3,(H,23,24)/b10-8+. The van der Waals surface area contributed by atoms with E-state index in [1.165, 1.54) is 18.2 Å². The highest BCUT2D eigenvalue weighted by Crippen LogP contribution is 2.24. The SMILES string of the molecule is CCOc1c(/C=C/c2ccc(C)cc2)oc2ccc(C(=O)O)cc2c1=O. The average molecular weight is 350 g/mol. The molecular weight excluding hydrogens is 332 g/mol. The van der Waals surface area contributed by atoms with Crippen molar-refractivity contribution < 1.29 is 19.1 Å². The summed E-state index contributed by atoms with van der Waals surface area (Å²) in [6.07, 6.45) is 3.51. The van der Waals surface area contributed by atoms with Crippen LogP contribution in [0.4, 0.5) is 0 Å². The van der Waals surface area contributed by atoms with Crippen LogP contribution in [0, 0.1) is 6.92 Å². The van der Waals surface area contributed by atoms with Crippen LogP contribution in [0.3, 0.4) is 0 Å². The van der Waals surface area contributed by atoms with Crippen molar-refractivity contribution in [3.63, 3.8) is 0 Å². The Bertz CT molecular complexity index is 1040. The first-order valence-corrected chi connectivity index (χ1v) is 8.21. The molecule has 132 valence electrons. The van der Waals surface area contributed by atoms with Gasteiger partial charge in [0.05, 0.1) is 17.6 Å². The van der Waals surface area contributed by atoms with Gasteiger partial charge in [-0.25, -0.2) is 4.79 Å². The molecule has 0 aliphatic carbocycles. The van der Waals surface area contributed by atoms with E-state index in [0.717, 1.165) is 11.1 Å². The van der Waals surface area contributed by atoms with Crippen LogP contribution in [-0.4, -0.2) is 17.7 Å². The molecule has 0 amide bonds. The minimum Gasteiger partial charge on any atom is -0.487 e. The van der Waals surface area contributed by atoms with Gasteiger partial charge in [0.1, 0.15) is 5.58 Å². The van der Waals surface area contributed by atoms with Crippen molar-refractivity contribution in [2.45, 2.75) is 13.8 Å².